The molecule has 242 valence electrons. The highest BCUT2D eigenvalue weighted by molar-refractivity contribution is 8.01. The second-order valence-corrected chi connectivity index (χ2v) is 20.5. The Balaban J connectivity index is 0.000000134. The Kier molecular flexibility index (Phi) is 8.54. The molecule has 10 rings (SSSR count). The highest BCUT2D eigenvalue weighted by Crippen LogP contribution is 2.79. The van der Waals surface area contributed by atoms with Crippen molar-refractivity contribution in [2.75, 3.05) is 0 Å². The van der Waals surface area contributed by atoms with Gasteiger partial charge in [0.15, 0.2) is 0 Å². The van der Waals surface area contributed by atoms with Crippen LogP contribution in [-0.4, -0.2) is 18.9 Å². The zero-order chi connectivity index (χ0) is 31.4. The Morgan fingerprint density at radius 3 is 1.47 bits per heavy atom. The van der Waals surface area contributed by atoms with Crippen LogP contribution in [0.2, 0.25) is 0 Å². The zero-order valence-electron chi connectivity index (χ0n) is 28.6. The van der Waals surface area contributed by atoms with E-state index in [1.807, 2.05) is 0 Å². The third-order valence-corrected chi connectivity index (χ3v) is 19.1. The van der Waals surface area contributed by atoms with E-state index in [1.165, 1.54) is 102 Å². The molecule has 47 heavy (non-hydrogen) atoms. The smallest absolute Gasteiger partial charge is 0.0851 e. The van der Waals surface area contributed by atoms with E-state index < -0.39 is 7.14 Å². The molecule has 8 unspecified atom stereocenters. The van der Waals surface area contributed by atoms with Crippen molar-refractivity contribution < 1.29 is 0 Å². The molecule has 2 aromatic carbocycles. The van der Waals surface area contributed by atoms with Gasteiger partial charge in [-0.25, -0.2) is 0 Å². The Morgan fingerprint density at radius 2 is 1.00 bits per heavy atom. The molecular weight excluding hydrogens is 582 g/mol. The Labute approximate surface area is 287 Å². The Bertz CT molecular complexity index is 1460. The second-order valence-electron chi connectivity index (χ2n) is 16.9. The third-order valence-electron chi connectivity index (χ3n) is 14.3. The number of hydrogen-bond acceptors (Lipinski definition) is 0. The van der Waals surface area contributed by atoms with Crippen LogP contribution in [0.15, 0.2) is 96.4 Å². The maximum Gasteiger partial charge on any atom is 0.371 e. The number of rotatable bonds is 6. The van der Waals surface area contributed by atoms with Crippen molar-refractivity contribution in [2.45, 2.75) is 119 Å². The SMILES string of the molecule is C1=CC2CC1CC2c1ccc(C2CC3C=CC2C3)cc1.[B][P+](C1=C(c2ccccc2)C2C=CC1C2)(C1CCCCC1)C1CCCCC1. The molecule has 0 aliphatic heterocycles. The molecule has 2 radical (unpaired) electrons. The summed E-state index contributed by atoms with van der Waals surface area (Å²) in [6.45, 7) is 0. The summed E-state index contributed by atoms with van der Waals surface area (Å²) in [6, 6.07) is 21.0. The third kappa shape index (κ3) is 5.64. The molecule has 8 aliphatic carbocycles. The monoisotopic (exact) mass is 637 g/mol. The van der Waals surface area contributed by atoms with Crippen molar-refractivity contribution in [2.24, 2.45) is 35.5 Å². The van der Waals surface area contributed by atoms with Crippen LogP contribution in [0.3, 0.4) is 0 Å². The Morgan fingerprint density at radius 1 is 0.489 bits per heavy atom. The first kappa shape index (κ1) is 30.9. The van der Waals surface area contributed by atoms with Gasteiger partial charge in [0.25, 0.3) is 0 Å². The summed E-state index contributed by atoms with van der Waals surface area (Å²) >= 11 is 0. The molecule has 2 heteroatoms. The molecule has 0 N–H and O–H groups in total. The molecule has 8 aliphatic rings. The summed E-state index contributed by atoms with van der Waals surface area (Å²) < 4.78 is 0. The summed E-state index contributed by atoms with van der Waals surface area (Å²) in [5, 5.41) is 1.78. The lowest BCUT2D eigenvalue weighted by Gasteiger charge is -2.44. The van der Waals surface area contributed by atoms with Gasteiger partial charge in [0.1, 0.15) is 0 Å². The van der Waals surface area contributed by atoms with E-state index in [4.69, 9.17) is 7.57 Å². The molecule has 0 saturated heterocycles. The molecule has 0 heterocycles. The van der Waals surface area contributed by atoms with Crippen molar-refractivity contribution in [1.29, 1.82) is 0 Å². The van der Waals surface area contributed by atoms with E-state index in [0.29, 0.717) is 11.8 Å². The fourth-order valence-corrected chi connectivity index (χ4v) is 17.3. The van der Waals surface area contributed by atoms with E-state index in [9.17, 15) is 0 Å². The van der Waals surface area contributed by atoms with Gasteiger partial charge in [0.2, 0.25) is 0 Å². The predicted molar refractivity (Wildman–Crippen MR) is 203 cm³/mol. The largest absolute Gasteiger partial charge is 0.371 e. The first-order chi connectivity index (χ1) is 23.1. The van der Waals surface area contributed by atoms with Crippen LogP contribution in [0.1, 0.15) is 125 Å². The molecule has 2 aromatic rings. The van der Waals surface area contributed by atoms with Crippen LogP contribution in [0.4, 0.5) is 0 Å². The van der Waals surface area contributed by atoms with Gasteiger partial charge in [-0.1, -0.05) is 104 Å². The van der Waals surface area contributed by atoms with Gasteiger partial charge in [0.05, 0.1) is 16.6 Å². The lowest BCUT2D eigenvalue weighted by Crippen LogP contribution is -2.30. The second kappa shape index (κ2) is 13.0. The van der Waals surface area contributed by atoms with E-state index in [0.717, 1.165) is 46.8 Å². The normalized spacial score (nSPS) is 35.7. The van der Waals surface area contributed by atoms with Crippen molar-refractivity contribution in [3.8, 4) is 0 Å². The molecule has 6 bridgehead atoms. The summed E-state index contributed by atoms with van der Waals surface area (Å²) in [5.74, 6) is 6.29. The molecule has 0 aromatic heterocycles. The van der Waals surface area contributed by atoms with Gasteiger partial charge >= 0.3 is 7.57 Å². The van der Waals surface area contributed by atoms with Crippen LogP contribution < -0.4 is 0 Å². The van der Waals surface area contributed by atoms with Gasteiger partial charge < -0.3 is 0 Å². The highest BCUT2D eigenvalue weighted by Gasteiger charge is 2.57. The minimum absolute atomic E-state index is 0.627. The number of fused-ring (bicyclic) bond motifs is 6. The van der Waals surface area contributed by atoms with E-state index in [2.05, 4.69) is 91.1 Å². The molecular formula is C45H55BP+. The fourth-order valence-electron chi connectivity index (χ4n) is 12.0. The minimum Gasteiger partial charge on any atom is -0.0851 e. The van der Waals surface area contributed by atoms with Crippen molar-refractivity contribution in [3.05, 3.63) is 113 Å². The van der Waals surface area contributed by atoms with Crippen LogP contribution in [0.5, 0.6) is 0 Å². The maximum absolute atomic E-state index is 7.79. The predicted octanol–water partition coefficient (Wildman–Crippen LogP) is 12.4. The van der Waals surface area contributed by atoms with Crippen molar-refractivity contribution >= 4 is 20.3 Å². The average Bonchev–Trinajstić information content (AvgIpc) is 4.02. The van der Waals surface area contributed by atoms with Crippen molar-refractivity contribution in [1.82, 2.24) is 0 Å². The summed E-state index contributed by atoms with van der Waals surface area (Å²) in [5.41, 5.74) is 7.90. The number of allylic oxidation sites excluding steroid dienone is 8. The zero-order valence-corrected chi connectivity index (χ0v) is 29.5. The summed E-state index contributed by atoms with van der Waals surface area (Å²) in [7, 11) is 6.18. The standard InChI is InChI=1S/C25H33BP.C20H22/c26-27(22-12-6-2-7-13-22,23-14-8-3-9-15-23)25-21-17-16-20(18-21)24(25)19-10-4-1-5-11-19;1-3-17-9-13(1)11-19(17)15-5-7-16(8-6-15)20-12-14-2-4-18(20)10-14/h1,4-5,10-11,16-17,20-23H,2-3,6-9,12-15,18H2;1-8,13-14,17-20H,9-12H2/q+1;. The Hall–Kier alpha value is -2.11. The first-order valence-corrected chi connectivity index (χ1v) is 21.8. The average molecular weight is 638 g/mol. The van der Waals surface area contributed by atoms with E-state index >= 15 is 0 Å². The van der Waals surface area contributed by atoms with E-state index in [1.54, 1.807) is 22.0 Å². The molecule has 4 saturated carbocycles. The number of benzene rings is 2. The van der Waals surface area contributed by atoms with Gasteiger partial charge in [-0.2, -0.15) is 0 Å². The van der Waals surface area contributed by atoms with Gasteiger partial charge in [-0.15, -0.1) is 0 Å². The first-order valence-electron chi connectivity index (χ1n) is 19.8. The molecule has 0 spiro atoms. The van der Waals surface area contributed by atoms with Crippen molar-refractivity contribution in [3.63, 3.8) is 0 Å². The quantitative estimate of drug-likeness (QED) is 0.168. The summed E-state index contributed by atoms with van der Waals surface area (Å²) in [4.78, 5) is 0. The van der Waals surface area contributed by atoms with Crippen LogP contribution in [-0.2, 0) is 0 Å². The molecule has 8 atom stereocenters. The minimum atomic E-state index is -1.60. The molecule has 0 amide bonds. The highest BCUT2D eigenvalue weighted by atomic mass is 31.2. The lowest BCUT2D eigenvalue weighted by molar-refractivity contribution is 0.483. The van der Waals surface area contributed by atoms with Gasteiger partial charge in [-0.3, -0.25) is 0 Å². The lowest BCUT2D eigenvalue weighted by atomic mass is 9.83. The van der Waals surface area contributed by atoms with Gasteiger partial charge in [-0.05, 0) is 143 Å². The van der Waals surface area contributed by atoms with E-state index in [-0.39, 0.29) is 0 Å². The van der Waals surface area contributed by atoms with Crippen LogP contribution in [0.25, 0.3) is 5.57 Å². The summed E-state index contributed by atoms with van der Waals surface area (Å²) in [6.07, 6.45) is 35.8. The van der Waals surface area contributed by atoms with Crippen LogP contribution >= 0.6 is 7.14 Å². The number of hydrogen-bond donors (Lipinski definition) is 0. The fraction of sp³-hybridized carbons (Fsp3) is 0.556. The van der Waals surface area contributed by atoms with Gasteiger partial charge in [0, 0.05) is 17.4 Å². The molecule has 4 fully saturated rings. The van der Waals surface area contributed by atoms with Crippen LogP contribution in [0, 0.1) is 35.5 Å². The maximum atomic E-state index is 7.79. The molecule has 0 nitrogen and oxygen atoms in total. The topological polar surface area (TPSA) is 0 Å².